The van der Waals surface area contributed by atoms with Gasteiger partial charge in [0.15, 0.2) is 0 Å². The van der Waals surface area contributed by atoms with Crippen LogP contribution in [-0.2, 0) is 4.79 Å². The maximum Gasteiger partial charge on any atom is 0.303 e. The van der Waals surface area contributed by atoms with Crippen molar-refractivity contribution in [1.82, 2.24) is 0 Å². The predicted octanol–water partition coefficient (Wildman–Crippen LogP) is 3.48. The Morgan fingerprint density at radius 2 is 1.94 bits per heavy atom. The largest absolute Gasteiger partial charge is 0.481 e. The van der Waals surface area contributed by atoms with Crippen LogP contribution in [0.5, 0.6) is 0 Å². The topological polar surface area (TPSA) is 57.5 Å². The number of hydrogen-bond acceptors (Lipinski definition) is 2. The standard InChI is InChI=1S/C10H18O.C5H10O2/c1-7(2)9-5-4-8(3)6-10(9)11;1-4(2)3-5(6)7/h8-11H,1,4-6H2,2-3H3;4H,3H2,1-2H3,(H,6,7). The quantitative estimate of drug-likeness (QED) is 0.760. The van der Waals surface area contributed by atoms with Crippen LogP contribution < -0.4 is 0 Å². The zero-order valence-corrected chi connectivity index (χ0v) is 12.1. The Bertz CT molecular complexity index is 271. The molecule has 1 aliphatic rings. The van der Waals surface area contributed by atoms with Crippen molar-refractivity contribution in [2.45, 2.75) is 59.5 Å². The Morgan fingerprint density at radius 1 is 1.39 bits per heavy atom. The molecular weight excluding hydrogens is 228 g/mol. The third-order valence-corrected chi connectivity index (χ3v) is 3.29. The van der Waals surface area contributed by atoms with E-state index in [1.807, 2.05) is 20.8 Å². The molecule has 3 unspecified atom stereocenters. The van der Waals surface area contributed by atoms with Crippen molar-refractivity contribution in [2.75, 3.05) is 0 Å². The molecule has 3 heteroatoms. The van der Waals surface area contributed by atoms with Gasteiger partial charge in [-0.15, -0.1) is 0 Å². The third kappa shape index (κ3) is 7.49. The maximum atomic E-state index is 9.81. The molecule has 0 heterocycles. The van der Waals surface area contributed by atoms with Gasteiger partial charge in [0, 0.05) is 12.3 Å². The molecule has 0 radical (unpaired) electrons. The highest BCUT2D eigenvalue weighted by atomic mass is 16.4. The summed E-state index contributed by atoms with van der Waals surface area (Å²) in [5, 5.41) is 17.7. The van der Waals surface area contributed by atoms with Crippen LogP contribution in [0.25, 0.3) is 0 Å². The summed E-state index contributed by atoms with van der Waals surface area (Å²) in [7, 11) is 0. The summed E-state index contributed by atoms with van der Waals surface area (Å²) in [4.78, 5) is 9.81. The number of hydrogen-bond donors (Lipinski definition) is 2. The Balaban J connectivity index is 0.000000360. The lowest BCUT2D eigenvalue weighted by molar-refractivity contribution is -0.137. The first-order chi connectivity index (χ1) is 8.23. The Morgan fingerprint density at radius 3 is 2.22 bits per heavy atom. The van der Waals surface area contributed by atoms with Gasteiger partial charge >= 0.3 is 5.97 Å². The van der Waals surface area contributed by atoms with Crippen LogP contribution in [0, 0.1) is 17.8 Å². The Hall–Kier alpha value is -0.830. The fourth-order valence-corrected chi connectivity index (χ4v) is 2.27. The van der Waals surface area contributed by atoms with Crippen LogP contribution in [0.4, 0.5) is 0 Å². The van der Waals surface area contributed by atoms with Gasteiger partial charge in [-0.05, 0) is 38.0 Å². The number of aliphatic hydroxyl groups is 1. The summed E-state index contributed by atoms with van der Waals surface area (Å²) >= 11 is 0. The molecule has 0 saturated heterocycles. The number of carboxylic acids is 1. The van der Waals surface area contributed by atoms with E-state index in [4.69, 9.17) is 5.11 Å². The molecule has 0 spiro atoms. The van der Waals surface area contributed by atoms with Crippen molar-refractivity contribution in [3.8, 4) is 0 Å². The van der Waals surface area contributed by atoms with Gasteiger partial charge in [0.05, 0.1) is 6.10 Å². The first kappa shape index (κ1) is 17.2. The lowest BCUT2D eigenvalue weighted by atomic mass is 9.78. The molecule has 18 heavy (non-hydrogen) atoms. The normalized spacial score (nSPS) is 27.3. The van der Waals surface area contributed by atoms with Gasteiger partial charge in [-0.25, -0.2) is 0 Å². The van der Waals surface area contributed by atoms with E-state index in [-0.39, 0.29) is 18.4 Å². The van der Waals surface area contributed by atoms with Crippen LogP contribution in [-0.4, -0.2) is 22.3 Å². The minimum Gasteiger partial charge on any atom is -0.481 e. The van der Waals surface area contributed by atoms with Gasteiger partial charge < -0.3 is 10.2 Å². The van der Waals surface area contributed by atoms with Gasteiger partial charge in [0.25, 0.3) is 0 Å². The van der Waals surface area contributed by atoms with Gasteiger partial charge in [-0.1, -0.05) is 32.9 Å². The second kappa shape index (κ2) is 8.30. The van der Waals surface area contributed by atoms with Gasteiger partial charge in [-0.2, -0.15) is 0 Å². The van der Waals surface area contributed by atoms with Crippen molar-refractivity contribution in [2.24, 2.45) is 17.8 Å². The molecule has 0 bridgehead atoms. The number of carboxylic acid groups (broad SMARTS) is 1. The molecule has 1 saturated carbocycles. The van der Waals surface area contributed by atoms with E-state index >= 15 is 0 Å². The molecule has 1 rings (SSSR count). The van der Waals surface area contributed by atoms with Crippen LogP contribution in [0.15, 0.2) is 12.2 Å². The number of aliphatic hydroxyl groups excluding tert-OH is 1. The van der Waals surface area contributed by atoms with Gasteiger partial charge in [-0.3, -0.25) is 4.79 Å². The van der Waals surface area contributed by atoms with Crippen LogP contribution in [0.2, 0.25) is 0 Å². The average Bonchev–Trinajstić information content (AvgIpc) is 2.14. The van der Waals surface area contributed by atoms with E-state index < -0.39 is 5.97 Å². The fourth-order valence-electron chi connectivity index (χ4n) is 2.27. The lowest BCUT2D eigenvalue weighted by Crippen LogP contribution is -2.28. The molecule has 0 amide bonds. The molecule has 3 nitrogen and oxygen atoms in total. The zero-order chi connectivity index (χ0) is 14.3. The monoisotopic (exact) mass is 256 g/mol. The first-order valence-corrected chi connectivity index (χ1v) is 6.79. The molecule has 106 valence electrons. The van der Waals surface area contributed by atoms with E-state index in [9.17, 15) is 9.90 Å². The van der Waals surface area contributed by atoms with Crippen molar-refractivity contribution in [1.29, 1.82) is 0 Å². The molecule has 0 aromatic carbocycles. The summed E-state index contributed by atoms with van der Waals surface area (Å²) in [6, 6.07) is 0. The minimum atomic E-state index is -0.713. The molecule has 0 aromatic rings. The van der Waals surface area contributed by atoms with E-state index in [0.717, 1.165) is 18.4 Å². The maximum absolute atomic E-state index is 9.81. The average molecular weight is 256 g/mol. The van der Waals surface area contributed by atoms with Gasteiger partial charge in [0.2, 0.25) is 0 Å². The molecule has 0 aromatic heterocycles. The van der Waals surface area contributed by atoms with E-state index in [2.05, 4.69) is 13.5 Å². The molecule has 0 aliphatic heterocycles. The lowest BCUT2D eigenvalue weighted by Gasteiger charge is -2.31. The van der Waals surface area contributed by atoms with Crippen LogP contribution in [0.1, 0.15) is 53.4 Å². The van der Waals surface area contributed by atoms with Crippen molar-refractivity contribution >= 4 is 5.97 Å². The van der Waals surface area contributed by atoms with Crippen molar-refractivity contribution in [3.63, 3.8) is 0 Å². The van der Waals surface area contributed by atoms with E-state index in [1.165, 1.54) is 6.42 Å². The number of aliphatic carboxylic acids is 1. The summed E-state index contributed by atoms with van der Waals surface area (Å²) in [5.74, 6) is 0.624. The molecular formula is C15H28O3. The molecule has 1 aliphatic carbocycles. The second-order valence-electron chi connectivity index (χ2n) is 5.93. The number of rotatable bonds is 3. The zero-order valence-electron chi connectivity index (χ0n) is 12.1. The van der Waals surface area contributed by atoms with Crippen LogP contribution >= 0.6 is 0 Å². The highest BCUT2D eigenvalue weighted by Crippen LogP contribution is 2.32. The SMILES string of the molecule is C=C(C)C1CCC(C)CC1O.CC(C)CC(=O)O. The first-order valence-electron chi connectivity index (χ1n) is 6.79. The molecule has 2 N–H and O–H groups in total. The summed E-state index contributed by atoms with van der Waals surface area (Å²) < 4.78 is 0. The molecule has 1 fully saturated rings. The predicted molar refractivity (Wildman–Crippen MR) is 74.4 cm³/mol. The van der Waals surface area contributed by atoms with E-state index in [0.29, 0.717) is 11.8 Å². The second-order valence-corrected chi connectivity index (χ2v) is 5.93. The highest BCUT2D eigenvalue weighted by molar-refractivity contribution is 5.66. The summed E-state index contributed by atoms with van der Waals surface area (Å²) in [6.45, 7) is 11.9. The van der Waals surface area contributed by atoms with Crippen LogP contribution in [0.3, 0.4) is 0 Å². The van der Waals surface area contributed by atoms with Crippen molar-refractivity contribution in [3.05, 3.63) is 12.2 Å². The fraction of sp³-hybridized carbons (Fsp3) is 0.800. The third-order valence-electron chi connectivity index (χ3n) is 3.29. The smallest absolute Gasteiger partial charge is 0.303 e. The Kier molecular flexibility index (Phi) is 7.92. The Labute approximate surface area is 111 Å². The summed E-state index contributed by atoms with van der Waals surface area (Å²) in [6.07, 6.45) is 3.47. The van der Waals surface area contributed by atoms with Crippen molar-refractivity contribution < 1.29 is 15.0 Å². The van der Waals surface area contributed by atoms with E-state index in [1.54, 1.807) is 0 Å². The molecule has 3 atom stereocenters. The summed E-state index contributed by atoms with van der Waals surface area (Å²) in [5.41, 5.74) is 1.14. The minimum absolute atomic E-state index is 0.128. The number of carbonyl (C=O) groups is 1. The highest BCUT2D eigenvalue weighted by Gasteiger charge is 2.26. The van der Waals surface area contributed by atoms with Gasteiger partial charge in [0.1, 0.15) is 0 Å².